The quantitative estimate of drug-likeness (QED) is 0.783. The summed E-state index contributed by atoms with van der Waals surface area (Å²) in [5.74, 6) is 1.09. The molecular weight excluding hydrogens is 292 g/mol. The second-order valence-electron chi connectivity index (χ2n) is 6.93. The van der Waals surface area contributed by atoms with Crippen LogP contribution in [0.2, 0.25) is 0 Å². The summed E-state index contributed by atoms with van der Waals surface area (Å²) in [6, 6.07) is 9.51. The van der Waals surface area contributed by atoms with Crippen molar-refractivity contribution in [3.63, 3.8) is 0 Å². The Kier molecular flexibility index (Phi) is 4.23. The zero-order chi connectivity index (χ0) is 15.6. The number of hydroxylamine groups is 1. The molecular formula is C18H24N2O3. The summed E-state index contributed by atoms with van der Waals surface area (Å²) in [5, 5.41) is 1.34. The molecule has 3 saturated heterocycles. The molecule has 23 heavy (non-hydrogen) atoms. The summed E-state index contributed by atoms with van der Waals surface area (Å²) < 4.78 is 5.81. The molecule has 3 aliphatic heterocycles. The van der Waals surface area contributed by atoms with Crippen LogP contribution < -0.4 is 5.06 Å². The molecule has 0 N–H and O–H groups in total. The van der Waals surface area contributed by atoms with Gasteiger partial charge in [-0.15, -0.1) is 0 Å². The zero-order valence-corrected chi connectivity index (χ0v) is 13.4. The molecule has 2 bridgehead atoms. The largest absolute Gasteiger partial charge is 0.443 e. The first-order valence-electron chi connectivity index (χ1n) is 8.70. The molecule has 1 aromatic rings. The number of carbonyl (C=O) groups excluding carboxylic acids is 1. The van der Waals surface area contributed by atoms with Crippen LogP contribution in [0.4, 0.5) is 10.5 Å². The first-order chi connectivity index (χ1) is 11.3. The Morgan fingerprint density at radius 2 is 1.87 bits per heavy atom. The maximum atomic E-state index is 12.7. The second kappa shape index (κ2) is 6.49. The van der Waals surface area contributed by atoms with Crippen molar-refractivity contribution in [1.29, 1.82) is 0 Å². The molecule has 5 rings (SSSR count). The summed E-state index contributed by atoms with van der Waals surface area (Å²) in [7, 11) is 0. The summed E-state index contributed by atoms with van der Waals surface area (Å²) in [4.78, 5) is 20.8. The summed E-state index contributed by atoms with van der Waals surface area (Å²) in [5.41, 5.74) is 0.736. The minimum absolute atomic E-state index is 0.000683. The number of hydrogen-bond acceptors (Lipinski definition) is 4. The molecule has 1 aromatic carbocycles. The van der Waals surface area contributed by atoms with E-state index in [0.717, 1.165) is 38.2 Å². The van der Waals surface area contributed by atoms with Crippen LogP contribution in [0, 0.1) is 11.8 Å². The zero-order valence-electron chi connectivity index (χ0n) is 13.4. The van der Waals surface area contributed by atoms with Gasteiger partial charge < -0.3 is 4.74 Å². The van der Waals surface area contributed by atoms with Gasteiger partial charge in [-0.3, -0.25) is 9.74 Å². The highest BCUT2D eigenvalue weighted by atomic mass is 16.7. The lowest BCUT2D eigenvalue weighted by molar-refractivity contribution is -0.0410. The third-order valence-corrected chi connectivity index (χ3v) is 5.14. The minimum Gasteiger partial charge on any atom is -0.443 e. The van der Waals surface area contributed by atoms with E-state index in [2.05, 4.69) is 4.90 Å². The molecule has 5 nitrogen and oxygen atoms in total. The first-order valence-corrected chi connectivity index (χ1v) is 8.70. The molecule has 3 heterocycles. The minimum atomic E-state index is -0.379. The molecule has 5 heteroatoms. The number of ether oxygens (including phenoxy) is 1. The van der Waals surface area contributed by atoms with Gasteiger partial charge in [-0.05, 0) is 62.7 Å². The molecule has 0 aromatic heterocycles. The van der Waals surface area contributed by atoms with Gasteiger partial charge in [0.1, 0.15) is 6.10 Å². The predicted octanol–water partition coefficient (Wildman–Crippen LogP) is 3.07. The van der Waals surface area contributed by atoms with Gasteiger partial charge in [-0.1, -0.05) is 18.2 Å². The van der Waals surface area contributed by atoms with Gasteiger partial charge in [-0.2, -0.15) is 5.06 Å². The summed E-state index contributed by atoms with van der Waals surface area (Å²) in [6.07, 6.45) is 4.27. The van der Waals surface area contributed by atoms with Gasteiger partial charge in [0.15, 0.2) is 0 Å². The van der Waals surface area contributed by atoms with Crippen molar-refractivity contribution < 1.29 is 14.4 Å². The Morgan fingerprint density at radius 3 is 2.48 bits per heavy atom. The number of anilines is 1. The van der Waals surface area contributed by atoms with E-state index in [4.69, 9.17) is 9.57 Å². The lowest BCUT2D eigenvalue weighted by Crippen LogP contribution is -2.53. The molecule has 1 unspecified atom stereocenters. The Morgan fingerprint density at radius 1 is 1.13 bits per heavy atom. The second-order valence-corrected chi connectivity index (χ2v) is 6.93. The smallest absolute Gasteiger partial charge is 0.439 e. The molecule has 124 valence electrons. The molecule has 1 atom stereocenters. The fraction of sp³-hybridized carbons (Fsp3) is 0.611. The number of carbonyl (C=O) groups is 1. The number of nitrogens with zero attached hydrogens (tertiary/aromatic N) is 2. The fourth-order valence-corrected chi connectivity index (χ4v) is 3.48. The number of amides is 1. The predicted molar refractivity (Wildman–Crippen MR) is 87.0 cm³/mol. The normalized spacial score (nSPS) is 29.3. The Balaban J connectivity index is 1.43. The standard InChI is InChI=1S/C18H24N2O3/c21-18(23-17-12-19-10-8-15(17)9-11-19)20(22-13-14-6-7-14)16-4-2-1-3-5-16/h1-5,14-15,17H,6-13H2. The maximum Gasteiger partial charge on any atom is 0.439 e. The molecule has 0 spiro atoms. The van der Waals surface area contributed by atoms with Crippen molar-refractivity contribution in [1.82, 2.24) is 4.90 Å². The first kappa shape index (κ1) is 15.0. The average Bonchev–Trinajstić information content (AvgIpc) is 3.41. The lowest BCUT2D eigenvalue weighted by atomic mass is 9.86. The van der Waals surface area contributed by atoms with Crippen molar-refractivity contribution in [2.75, 3.05) is 31.3 Å². The number of rotatable bonds is 5. The molecule has 4 fully saturated rings. The van der Waals surface area contributed by atoms with Crippen LogP contribution in [-0.4, -0.2) is 43.3 Å². The van der Waals surface area contributed by atoms with Crippen molar-refractivity contribution in [2.45, 2.75) is 31.8 Å². The van der Waals surface area contributed by atoms with Crippen molar-refractivity contribution in [3.05, 3.63) is 30.3 Å². The van der Waals surface area contributed by atoms with Crippen LogP contribution in [0.1, 0.15) is 25.7 Å². The lowest BCUT2D eigenvalue weighted by Gasteiger charge is -2.44. The molecule has 0 radical (unpaired) electrons. The summed E-state index contributed by atoms with van der Waals surface area (Å²) in [6.45, 7) is 3.73. The third-order valence-electron chi connectivity index (χ3n) is 5.14. The molecule has 1 aliphatic carbocycles. The van der Waals surface area contributed by atoms with Gasteiger partial charge >= 0.3 is 6.09 Å². The number of hydrogen-bond donors (Lipinski definition) is 0. The SMILES string of the molecule is O=C(OC1CN2CCC1CC2)N(OCC1CC1)c1ccccc1. The topological polar surface area (TPSA) is 42.0 Å². The fourth-order valence-electron chi connectivity index (χ4n) is 3.48. The van der Waals surface area contributed by atoms with Crippen LogP contribution in [0.5, 0.6) is 0 Å². The van der Waals surface area contributed by atoms with Crippen LogP contribution in [0.25, 0.3) is 0 Å². The van der Waals surface area contributed by atoms with E-state index in [1.54, 1.807) is 0 Å². The Hall–Kier alpha value is -1.59. The van der Waals surface area contributed by atoms with E-state index < -0.39 is 0 Å². The third kappa shape index (κ3) is 3.51. The maximum absolute atomic E-state index is 12.7. The number of para-hydroxylation sites is 1. The molecule has 1 amide bonds. The van der Waals surface area contributed by atoms with Crippen molar-refractivity contribution in [2.24, 2.45) is 11.8 Å². The number of piperidine rings is 3. The number of benzene rings is 1. The van der Waals surface area contributed by atoms with Crippen molar-refractivity contribution >= 4 is 11.8 Å². The van der Waals surface area contributed by atoms with E-state index in [9.17, 15) is 4.79 Å². The van der Waals surface area contributed by atoms with Crippen LogP contribution in [-0.2, 0) is 9.57 Å². The highest BCUT2D eigenvalue weighted by molar-refractivity contribution is 5.85. The van der Waals surface area contributed by atoms with E-state index in [0.29, 0.717) is 18.4 Å². The Labute approximate surface area is 137 Å². The van der Waals surface area contributed by atoms with Gasteiger partial charge in [0.2, 0.25) is 0 Å². The van der Waals surface area contributed by atoms with E-state index in [1.807, 2.05) is 30.3 Å². The van der Waals surface area contributed by atoms with Gasteiger partial charge in [0.25, 0.3) is 0 Å². The summed E-state index contributed by atoms with van der Waals surface area (Å²) >= 11 is 0. The van der Waals surface area contributed by atoms with Crippen LogP contribution in [0.3, 0.4) is 0 Å². The average molecular weight is 316 g/mol. The van der Waals surface area contributed by atoms with E-state index in [-0.39, 0.29) is 12.2 Å². The van der Waals surface area contributed by atoms with Gasteiger partial charge in [-0.25, -0.2) is 4.79 Å². The van der Waals surface area contributed by atoms with Gasteiger partial charge in [0.05, 0.1) is 12.3 Å². The Bertz CT molecular complexity index is 538. The molecule has 4 aliphatic rings. The van der Waals surface area contributed by atoms with Crippen LogP contribution in [0.15, 0.2) is 30.3 Å². The monoisotopic (exact) mass is 316 g/mol. The van der Waals surface area contributed by atoms with Crippen molar-refractivity contribution in [3.8, 4) is 0 Å². The molecule has 1 saturated carbocycles. The van der Waals surface area contributed by atoms with Gasteiger partial charge in [0, 0.05) is 6.54 Å². The number of fused-ring (bicyclic) bond motifs is 3. The highest BCUT2D eigenvalue weighted by Crippen LogP contribution is 2.32. The highest BCUT2D eigenvalue weighted by Gasteiger charge is 2.38. The van der Waals surface area contributed by atoms with E-state index in [1.165, 1.54) is 17.9 Å². The van der Waals surface area contributed by atoms with Crippen LogP contribution >= 0.6 is 0 Å². The van der Waals surface area contributed by atoms with E-state index >= 15 is 0 Å².